The maximum atomic E-state index is 4.47. The van der Waals surface area contributed by atoms with Crippen molar-refractivity contribution in [2.75, 3.05) is 6.54 Å². The van der Waals surface area contributed by atoms with Crippen molar-refractivity contribution in [2.24, 2.45) is 0 Å². The molecule has 0 spiro atoms. The van der Waals surface area contributed by atoms with Crippen molar-refractivity contribution in [3.8, 4) is 0 Å². The van der Waals surface area contributed by atoms with E-state index < -0.39 is 0 Å². The molecule has 2 nitrogen and oxygen atoms in total. The predicted molar refractivity (Wildman–Crippen MR) is 151 cm³/mol. The first-order chi connectivity index (χ1) is 16.3. The van der Waals surface area contributed by atoms with E-state index in [1.807, 2.05) is 12.1 Å². The number of aryl methyl sites for hydroxylation is 1. The SMILES string of the molecule is C=CC(Cc1ccccc1)NC(=C)CN(C(=C)CCCCC)C(C)/C=C(\C)c1ccc(C)cc1. The van der Waals surface area contributed by atoms with E-state index in [-0.39, 0.29) is 12.1 Å². The van der Waals surface area contributed by atoms with Crippen LogP contribution in [-0.4, -0.2) is 23.5 Å². The molecule has 0 heterocycles. The number of rotatable bonds is 15. The lowest BCUT2D eigenvalue weighted by atomic mass is 10.0. The molecule has 34 heavy (non-hydrogen) atoms. The summed E-state index contributed by atoms with van der Waals surface area (Å²) in [5.41, 5.74) is 7.29. The Morgan fingerprint density at radius 2 is 1.71 bits per heavy atom. The first-order valence-corrected chi connectivity index (χ1v) is 12.6. The molecular formula is C32H44N2. The van der Waals surface area contributed by atoms with Crippen molar-refractivity contribution in [2.45, 2.75) is 71.9 Å². The Morgan fingerprint density at radius 1 is 1.03 bits per heavy atom. The van der Waals surface area contributed by atoms with E-state index in [4.69, 9.17) is 0 Å². The lowest BCUT2D eigenvalue weighted by molar-refractivity contribution is 0.311. The molecule has 0 saturated carbocycles. The van der Waals surface area contributed by atoms with E-state index in [9.17, 15) is 0 Å². The summed E-state index contributed by atoms with van der Waals surface area (Å²) < 4.78 is 0. The fourth-order valence-electron chi connectivity index (χ4n) is 4.21. The summed E-state index contributed by atoms with van der Waals surface area (Å²) in [6.45, 7) is 22.4. The zero-order chi connectivity index (χ0) is 24.9. The van der Waals surface area contributed by atoms with Gasteiger partial charge in [-0.2, -0.15) is 0 Å². The highest BCUT2D eigenvalue weighted by Gasteiger charge is 2.17. The topological polar surface area (TPSA) is 15.3 Å². The molecule has 0 bridgehead atoms. The van der Waals surface area contributed by atoms with Gasteiger partial charge in [0.1, 0.15) is 0 Å². The second-order valence-corrected chi connectivity index (χ2v) is 9.39. The van der Waals surface area contributed by atoms with Crippen LogP contribution in [0.5, 0.6) is 0 Å². The largest absolute Gasteiger partial charge is 0.381 e. The van der Waals surface area contributed by atoms with Crippen LogP contribution in [0.2, 0.25) is 0 Å². The average molecular weight is 457 g/mol. The number of hydrogen-bond acceptors (Lipinski definition) is 2. The summed E-state index contributed by atoms with van der Waals surface area (Å²) in [4.78, 5) is 2.39. The highest BCUT2D eigenvalue weighted by atomic mass is 15.2. The lowest BCUT2D eigenvalue weighted by Gasteiger charge is -2.33. The van der Waals surface area contributed by atoms with Gasteiger partial charge in [0.25, 0.3) is 0 Å². The minimum Gasteiger partial charge on any atom is -0.381 e. The van der Waals surface area contributed by atoms with Crippen molar-refractivity contribution < 1.29 is 0 Å². The fraction of sp³-hybridized carbons (Fsp3) is 0.375. The van der Waals surface area contributed by atoms with Crippen molar-refractivity contribution in [1.29, 1.82) is 0 Å². The number of nitrogens with one attached hydrogen (secondary N) is 1. The smallest absolute Gasteiger partial charge is 0.0573 e. The maximum absolute atomic E-state index is 4.47. The van der Waals surface area contributed by atoms with Crippen LogP contribution in [0.3, 0.4) is 0 Å². The fourth-order valence-corrected chi connectivity index (χ4v) is 4.21. The summed E-state index contributed by atoms with van der Waals surface area (Å²) in [7, 11) is 0. The summed E-state index contributed by atoms with van der Waals surface area (Å²) in [5.74, 6) is 0. The summed E-state index contributed by atoms with van der Waals surface area (Å²) in [5, 5.41) is 3.60. The molecule has 2 aromatic rings. The molecule has 0 aliphatic carbocycles. The molecule has 1 N–H and O–H groups in total. The molecule has 0 aliphatic rings. The molecule has 0 aliphatic heterocycles. The molecule has 0 fully saturated rings. The van der Waals surface area contributed by atoms with Crippen molar-refractivity contribution in [3.63, 3.8) is 0 Å². The second-order valence-electron chi connectivity index (χ2n) is 9.39. The van der Waals surface area contributed by atoms with E-state index in [1.54, 1.807) is 0 Å². The van der Waals surface area contributed by atoms with Crippen molar-refractivity contribution >= 4 is 5.57 Å². The van der Waals surface area contributed by atoms with Crippen LogP contribution in [0.4, 0.5) is 0 Å². The van der Waals surface area contributed by atoms with Gasteiger partial charge in [0.15, 0.2) is 0 Å². The van der Waals surface area contributed by atoms with Crippen LogP contribution in [0.1, 0.15) is 63.1 Å². The van der Waals surface area contributed by atoms with Gasteiger partial charge in [0.2, 0.25) is 0 Å². The van der Waals surface area contributed by atoms with E-state index >= 15 is 0 Å². The Hall–Kier alpha value is -3.00. The Kier molecular flexibility index (Phi) is 11.5. The van der Waals surface area contributed by atoms with Gasteiger partial charge in [-0.15, -0.1) is 6.58 Å². The third-order valence-corrected chi connectivity index (χ3v) is 6.30. The molecule has 182 valence electrons. The normalized spacial score (nSPS) is 13.1. The van der Waals surface area contributed by atoms with Gasteiger partial charge in [-0.3, -0.25) is 0 Å². The van der Waals surface area contributed by atoms with Crippen LogP contribution in [0, 0.1) is 6.92 Å². The Morgan fingerprint density at radius 3 is 2.32 bits per heavy atom. The van der Waals surface area contributed by atoms with Crippen molar-refractivity contribution in [3.05, 3.63) is 115 Å². The van der Waals surface area contributed by atoms with Crippen LogP contribution >= 0.6 is 0 Å². The Balaban J connectivity index is 2.12. The summed E-state index contributed by atoms with van der Waals surface area (Å²) in [6.07, 6.45) is 9.84. The molecule has 0 aromatic heterocycles. The van der Waals surface area contributed by atoms with Crippen molar-refractivity contribution in [1.82, 2.24) is 10.2 Å². The van der Waals surface area contributed by atoms with Gasteiger partial charge in [-0.05, 0) is 56.7 Å². The Labute approximate surface area is 208 Å². The van der Waals surface area contributed by atoms with Crippen LogP contribution in [0.25, 0.3) is 5.57 Å². The van der Waals surface area contributed by atoms with Crippen LogP contribution < -0.4 is 5.32 Å². The van der Waals surface area contributed by atoms with Gasteiger partial charge in [-0.25, -0.2) is 0 Å². The molecule has 2 rings (SSSR count). The third-order valence-electron chi connectivity index (χ3n) is 6.30. The average Bonchev–Trinajstić information content (AvgIpc) is 2.83. The summed E-state index contributed by atoms with van der Waals surface area (Å²) in [6, 6.07) is 19.6. The number of benzene rings is 2. The molecule has 0 amide bonds. The van der Waals surface area contributed by atoms with Crippen LogP contribution in [0.15, 0.2) is 97.9 Å². The zero-order valence-corrected chi connectivity index (χ0v) is 21.8. The maximum Gasteiger partial charge on any atom is 0.0573 e. The monoisotopic (exact) mass is 456 g/mol. The quantitative estimate of drug-likeness (QED) is 0.215. The summed E-state index contributed by atoms with van der Waals surface area (Å²) >= 11 is 0. The van der Waals surface area contributed by atoms with Gasteiger partial charge >= 0.3 is 0 Å². The molecular weight excluding hydrogens is 412 g/mol. The van der Waals surface area contributed by atoms with E-state index in [2.05, 4.69) is 112 Å². The molecule has 2 heteroatoms. The predicted octanol–water partition coefficient (Wildman–Crippen LogP) is 8.08. The molecule has 2 atom stereocenters. The standard InChI is InChI=1S/C32H44N2/c1-8-10-12-15-28(6)34(29(7)22-26(4)31-20-18-25(3)19-21-31)24-27(5)33-32(9-2)23-30-16-13-11-14-17-30/h9,11,13-14,16-22,29,32-33H,2,5-6,8,10,12,15,23-24H2,1,3-4,7H3/b26-22+. The van der Waals surface area contributed by atoms with E-state index in [1.165, 1.54) is 47.2 Å². The first kappa shape index (κ1) is 27.2. The third kappa shape index (κ3) is 9.09. The van der Waals surface area contributed by atoms with E-state index in [0.717, 1.165) is 25.1 Å². The minimum absolute atomic E-state index is 0.144. The Bertz CT molecular complexity index is 937. The number of nitrogens with zero attached hydrogens (tertiary/aromatic N) is 1. The minimum atomic E-state index is 0.144. The van der Waals surface area contributed by atoms with Gasteiger partial charge in [0, 0.05) is 23.5 Å². The van der Waals surface area contributed by atoms with Crippen LogP contribution in [-0.2, 0) is 6.42 Å². The highest BCUT2D eigenvalue weighted by Crippen LogP contribution is 2.22. The van der Waals surface area contributed by atoms with Gasteiger partial charge in [-0.1, -0.05) is 105 Å². The number of hydrogen-bond donors (Lipinski definition) is 1. The van der Waals surface area contributed by atoms with Gasteiger partial charge in [0.05, 0.1) is 6.54 Å². The van der Waals surface area contributed by atoms with Gasteiger partial charge < -0.3 is 10.2 Å². The molecule has 0 radical (unpaired) electrons. The molecule has 0 saturated heterocycles. The molecule has 2 aromatic carbocycles. The van der Waals surface area contributed by atoms with E-state index in [0.29, 0.717) is 0 Å². The highest BCUT2D eigenvalue weighted by molar-refractivity contribution is 5.64. The zero-order valence-electron chi connectivity index (χ0n) is 21.8. The number of allylic oxidation sites excluding steroid dienone is 2. The number of unbranched alkanes of at least 4 members (excludes halogenated alkanes) is 2. The lowest BCUT2D eigenvalue weighted by Crippen LogP contribution is -2.38. The second kappa shape index (κ2) is 14.3. The molecule has 2 unspecified atom stereocenters. The first-order valence-electron chi connectivity index (χ1n) is 12.6.